The first kappa shape index (κ1) is 10.0. The van der Waals surface area contributed by atoms with Gasteiger partial charge in [-0.25, -0.2) is 0 Å². The first-order valence-electron chi connectivity index (χ1n) is 5.22. The topological polar surface area (TPSA) is 15.3 Å². The Morgan fingerprint density at radius 2 is 2.17 bits per heavy atom. The second-order valence-corrected chi connectivity index (χ2v) is 3.91. The van der Waals surface area contributed by atoms with Crippen LogP contribution in [0.3, 0.4) is 0 Å². The fourth-order valence-electron chi connectivity index (χ4n) is 1.48. The van der Waals surface area contributed by atoms with Crippen molar-refractivity contribution < 1.29 is 0 Å². The summed E-state index contributed by atoms with van der Waals surface area (Å²) in [6, 6.07) is 0. The van der Waals surface area contributed by atoms with E-state index >= 15 is 0 Å². The van der Waals surface area contributed by atoms with Crippen molar-refractivity contribution in [3.8, 4) is 0 Å². The van der Waals surface area contributed by atoms with E-state index in [0.29, 0.717) is 0 Å². The lowest BCUT2D eigenvalue weighted by Gasteiger charge is -2.15. The Labute approximate surface area is 76.3 Å². The van der Waals surface area contributed by atoms with Crippen molar-refractivity contribution in [2.24, 2.45) is 5.92 Å². The summed E-state index contributed by atoms with van der Waals surface area (Å²) in [7, 11) is 2.24. The quantitative estimate of drug-likeness (QED) is 0.580. The van der Waals surface area contributed by atoms with E-state index in [2.05, 4.69) is 24.2 Å². The predicted molar refractivity (Wildman–Crippen MR) is 53.4 cm³/mol. The minimum absolute atomic E-state index is 1.04. The molecule has 0 unspecified atom stereocenters. The highest BCUT2D eigenvalue weighted by molar-refractivity contribution is 4.75. The summed E-state index contributed by atoms with van der Waals surface area (Å²) in [5, 5.41) is 3.35. The highest BCUT2D eigenvalue weighted by Gasteiger charge is 2.22. The third-order valence-electron chi connectivity index (χ3n) is 2.41. The molecule has 1 aliphatic carbocycles. The fourth-order valence-corrected chi connectivity index (χ4v) is 1.48. The molecule has 0 saturated heterocycles. The van der Waals surface area contributed by atoms with Gasteiger partial charge in [-0.05, 0) is 51.9 Å². The molecule has 0 aliphatic heterocycles. The van der Waals surface area contributed by atoms with E-state index in [0.717, 1.165) is 12.5 Å². The van der Waals surface area contributed by atoms with E-state index < -0.39 is 0 Å². The average Bonchev–Trinajstić information content (AvgIpc) is 2.82. The minimum atomic E-state index is 1.04. The molecule has 1 N–H and O–H groups in total. The lowest BCUT2D eigenvalue weighted by molar-refractivity contribution is 0.314. The van der Waals surface area contributed by atoms with Crippen LogP contribution < -0.4 is 5.32 Å². The van der Waals surface area contributed by atoms with Crippen LogP contribution in [0, 0.1) is 5.92 Å². The summed E-state index contributed by atoms with van der Waals surface area (Å²) in [6.07, 6.45) is 4.23. The molecule has 0 spiro atoms. The average molecular weight is 170 g/mol. The maximum absolute atomic E-state index is 3.35. The molecule has 1 aliphatic rings. The van der Waals surface area contributed by atoms with E-state index in [1.165, 1.54) is 38.9 Å². The van der Waals surface area contributed by atoms with Crippen molar-refractivity contribution in [1.82, 2.24) is 10.2 Å². The number of hydrogen-bond acceptors (Lipinski definition) is 2. The molecule has 1 saturated carbocycles. The van der Waals surface area contributed by atoms with Gasteiger partial charge in [-0.15, -0.1) is 0 Å². The third kappa shape index (κ3) is 4.73. The Hall–Kier alpha value is -0.0800. The van der Waals surface area contributed by atoms with Gasteiger partial charge < -0.3 is 10.2 Å². The van der Waals surface area contributed by atoms with Crippen LogP contribution in [0.4, 0.5) is 0 Å². The molecule has 0 atom stereocenters. The Balaban J connectivity index is 1.83. The zero-order chi connectivity index (χ0) is 8.81. The van der Waals surface area contributed by atoms with Gasteiger partial charge in [-0.2, -0.15) is 0 Å². The molecule has 0 aromatic rings. The molecule has 1 fully saturated rings. The van der Waals surface area contributed by atoms with Crippen LogP contribution in [0.25, 0.3) is 0 Å². The molecule has 12 heavy (non-hydrogen) atoms. The molecule has 0 amide bonds. The second kappa shape index (κ2) is 5.55. The molecule has 2 heteroatoms. The van der Waals surface area contributed by atoms with Gasteiger partial charge in [0.05, 0.1) is 0 Å². The van der Waals surface area contributed by atoms with Gasteiger partial charge in [0.15, 0.2) is 0 Å². The molecule has 1 rings (SSSR count). The summed E-state index contributed by atoms with van der Waals surface area (Å²) < 4.78 is 0. The maximum atomic E-state index is 3.35. The Morgan fingerprint density at radius 3 is 2.75 bits per heavy atom. The van der Waals surface area contributed by atoms with Gasteiger partial charge in [0.25, 0.3) is 0 Å². The van der Waals surface area contributed by atoms with Gasteiger partial charge in [0, 0.05) is 6.54 Å². The number of nitrogens with zero attached hydrogens (tertiary/aromatic N) is 1. The Bertz CT molecular complexity index is 110. The number of nitrogens with one attached hydrogen (secondary N) is 1. The summed E-state index contributed by atoms with van der Waals surface area (Å²) in [4.78, 5) is 2.47. The van der Waals surface area contributed by atoms with E-state index in [-0.39, 0.29) is 0 Å². The van der Waals surface area contributed by atoms with Crippen molar-refractivity contribution in [3.63, 3.8) is 0 Å². The zero-order valence-corrected chi connectivity index (χ0v) is 8.47. The molecule has 0 bridgehead atoms. The van der Waals surface area contributed by atoms with Gasteiger partial charge in [0.1, 0.15) is 0 Å². The van der Waals surface area contributed by atoms with Crippen molar-refractivity contribution >= 4 is 0 Å². The smallest absolute Gasteiger partial charge is 0.000662 e. The van der Waals surface area contributed by atoms with Crippen molar-refractivity contribution in [3.05, 3.63) is 0 Å². The summed E-state index contributed by atoms with van der Waals surface area (Å²) in [5.41, 5.74) is 0. The first-order valence-corrected chi connectivity index (χ1v) is 5.22. The standard InChI is InChI=1S/C10H22N2/c1-3-11-7-4-8-12(2)9-10-5-6-10/h10-11H,3-9H2,1-2H3. The molecule has 0 heterocycles. The largest absolute Gasteiger partial charge is 0.317 e. The molecule has 72 valence electrons. The van der Waals surface area contributed by atoms with Crippen molar-refractivity contribution in [2.45, 2.75) is 26.2 Å². The highest BCUT2D eigenvalue weighted by Crippen LogP contribution is 2.29. The van der Waals surface area contributed by atoms with E-state index in [9.17, 15) is 0 Å². The van der Waals surface area contributed by atoms with Gasteiger partial charge >= 0.3 is 0 Å². The number of hydrogen-bond donors (Lipinski definition) is 1. The lowest BCUT2D eigenvalue weighted by Crippen LogP contribution is -2.25. The Kier molecular flexibility index (Phi) is 4.62. The molecule has 0 aromatic heterocycles. The second-order valence-electron chi connectivity index (χ2n) is 3.91. The predicted octanol–water partition coefficient (Wildman–Crippen LogP) is 1.33. The summed E-state index contributed by atoms with van der Waals surface area (Å²) in [5.74, 6) is 1.04. The first-order chi connectivity index (χ1) is 5.83. The van der Waals surface area contributed by atoms with Crippen LogP contribution >= 0.6 is 0 Å². The van der Waals surface area contributed by atoms with Crippen molar-refractivity contribution in [1.29, 1.82) is 0 Å². The van der Waals surface area contributed by atoms with Crippen LogP contribution in [0.15, 0.2) is 0 Å². The van der Waals surface area contributed by atoms with Crippen molar-refractivity contribution in [2.75, 3.05) is 33.2 Å². The van der Waals surface area contributed by atoms with Crippen LogP contribution in [0.1, 0.15) is 26.2 Å². The van der Waals surface area contributed by atoms with Crippen LogP contribution in [0.2, 0.25) is 0 Å². The summed E-state index contributed by atoms with van der Waals surface area (Å²) in [6.45, 7) is 7.02. The normalized spacial score (nSPS) is 17.2. The summed E-state index contributed by atoms with van der Waals surface area (Å²) >= 11 is 0. The molecule has 0 radical (unpaired) electrons. The van der Waals surface area contributed by atoms with Crippen LogP contribution in [-0.4, -0.2) is 38.1 Å². The minimum Gasteiger partial charge on any atom is -0.317 e. The lowest BCUT2D eigenvalue weighted by atomic mass is 10.3. The monoisotopic (exact) mass is 170 g/mol. The van der Waals surface area contributed by atoms with Gasteiger partial charge in [-0.3, -0.25) is 0 Å². The highest BCUT2D eigenvalue weighted by atomic mass is 15.1. The van der Waals surface area contributed by atoms with Gasteiger partial charge in [-0.1, -0.05) is 6.92 Å². The molecular weight excluding hydrogens is 148 g/mol. The fraction of sp³-hybridized carbons (Fsp3) is 1.00. The van der Waals surface area contributed by atoms with Crippen LogP contribution in [0.5, 0.6) is 0 Å². The number of rotatable bonds is 7. The SMILES string of the molecule is CCNCCCN(C)CC1CC1. The van der Waals surface area contributed by atoms with E-state index in [4.69, 9.17) is 0 Å². The molecule has 0 aromatic carbocycles. The van der Waals surface area contributed by atoms with Crippen LogP contribution in [-0.2, 0) is 0 Å². The maximum Gasteiger partial charge on any atom is 0.000662 e. The van der Waals surface area contributed by atoms with E-state index in [1.54, 1.807) is 0 Å². The van der Waals surface area contributed by atoms with E-state index in [1.807, 2.05) is 0 Å². The Morgan fingerprint density at radius 1 is 1.42 bits per heavy atom. The molecule has 2 nitrogen and oxygen atoms in total. The molecular formula is C10H22N2. The third-order valence-corrected chi connectivity index (χ3v) is 2.41. The van der Waals surface area contributed by atoms with Gasteiger partial charge in [0.2, 0.25) is 0 Å². The zero-order valence-electron chi connectivity index (χ0n) is 8.47.